The van der Waals surface area contributed by atoms with E-state index in [2.05, 4.69) is 15.2 Å². The van der Waals surface area contributed by atoms with E-state index in [0.29, 0.717) is 33.0 Å². The van der Waals surface area contributed by atoms with Crippen molar-refractivity contribution >= 4 is 27.5 Å². The summed E-state index contributed by atoms with van der Waals surface area (Å²) in [6.07, 6.45) is 2.05. The zero-order valence-corrected chi connectivity index (χ0v) is 13.6. The number of esters is 1. The molecule has 0 radical (unpaired) electrons. The molecule has 3 aromatic heterocycles. The smallest absolute Gasteiger partial charge is 0.349 e. The van der Waals surface area contributed by atoms with E-state index in [1.54, 1.807) is 14.0 Å². The molecule has 0 amide bonds. The number of ether oxygens (including phenoxy) is 1. The lowest BCUT2D eigenvalue weighted by atomic mass is 10.2. The Bertz CT molecular complexity index is 940. The van der Waals surface area contributed by atoms with Gasteiger partial charge in [-0.3, -0.25) is 4.79 Å². The molecule has 0 saturated heterocycles. The quantitative estimate of drug-likeness (QED) is 0.668. The van der Waals surface area contributed by atoms with E-state index in [1.165, 1.54) is 10.9 Å². The Morgan fingerprint density at radius 1 is 1.39 bits per heavy atom. The summed E-state index contributed by atoms with van der Waals surface area (Å²) in [6.45, 7) is 3.49. The third-order valence-electron chi connectivity index (χ3n) is 3.33. The molecule has 0 saturated carbocycles. The lowest BCUT2D eigenvalue weighted by Gasteiger charge is -2.00. The van der Waals surface area contributed by atoms with Gasteiger partial charge in [0.25, 0.3) is 11.4 Å². The minimum atomic E-state index is -0.538. The second-order valence-corrected chi connectivity index (χ2v) is 5.92. The van der Waals surface area contributed by atoms with E-state index in [9.17, 15) is 9.59 Å². The number of carbonyl (C=O) groups excluding carboxylic acids is 1. The highest BCUT2D eigenvalue weighted by molar-refractivity contribution is 7.20. The lowest BCUT2D eigenvalue weighted by Crippen LogP contribution is -2.16. The molecule has 3 aromatic rings. The van der Waals surface area contributed by atoms with Crippen LogP contribution in [0.5, 0.6) is 0 Å². The van der Waals surface area contributed by atoms with Crippen molar-refractivity contribution in [1.82, 2.24) is 19.7 Å². The van der Waals surface area contributed by atoms with Gasteiger partial charge in [0.05, 0.1) is 11.7 Å². The van der Waals surface area contributed by atoms with Gasteiger partial charge in [-0.25, -0.2) is 9.78 Å². The molecule has 0 N–H and O–H groups in total. The predicted molar refractivity (Wildman–Crippen MR) is 82.4 cm³/mol. The summed E-state index contributed by atoms with van der Waals surface area (Å²) >= 11 is 1.13. The van der Waals surface area contributed by atoms with Crippen LogP contribution >= 0.6 is 11.3 Å². The summed E-state index contributed by atoms with van der Waals surface area (Å²) in [4.78, 5) is 29.4. The van der Waals surface area contributed by atoms with E-state index in [1.807, 2.05) is 6.92 Å². The molecule has 0 atom stereocenters. The Hall–Kier alpha value is -2.55. The standard InChI is InChI=1S/C14H14N4O4S/c1-4-8-16-17-9(22-8)5-21-14(20)11-7(2)10-12(23-11)15-6-18(3)13(10)19/h6H,4-5H2,1-3H3. The Labute approximate surface area is 134 Å². The minimum Gasteiger partial charge on any atom is -0.451 e. The zero-order chi connectivity index (χ0) is 16.6. The van der Waals surface area contributed by atoms with Gasteiger partial charge in [0.1, 0.15) is 9.71 Å². The van der Waals surface area contributed by atoms with E-state index in [4.69, 9.17) is 9.15 Å². The third kappa shape index (κ3) is 2.74. The van der Waals surface area contributed by atoms with Crippen LogP contribution in [-0.2, 0) is 24.8 Å². The van der Waals surface area contributed by atoms with Crippen LogP contribution in [0.1, 0.15) is 33.9 Å². The first kappa shape index (κ1) is 15.3. The van der Waals surface area contributed by atoms with Gasteiger partial charge < -0.3 is 13.7 Å². The normalized spacial score (nSPS) is 11.1. The molecule has 9 heteroatoms. The van der Waals surface area contributed by atoms with Crippen LogP contribution < -0.4 is 5.56 Å². The first-order chi connectivity index (χ1) is 11.0. The van der Waals surface area contributed by atoms with Crippen molar-refractivity contribution in [2.24, 2.45) is 7.05 Å². The summed E-state index contributed by atoms with van der Waals surface area (Å²) < 4.78 is 11.8. The van der Waals surface area contributed by atoms with Gasteiger partial charge in [0.15, 0.2) is 6.61 Å². The highest BCUT2D eigenvalue weighted by atomic mass is 32.1. The molecule has 3 heterocycles. The van der Waals surface area contributed by atoms with Gasteiger partial charge in [-0.1, -0.05) is 6.92 Å². The van der Waals surface area contributed by atoms with Gasteiger partial charge in [-0.2, -0.15) is 0 Å². The highest BCUT2D eigenvalue weighted by Gasteiger charge is 2.20. The first-order valence-corrected chi connectivity index (χ1v) is 7.76. The maximum Gasteiger partial charge on any atom is 0.349 e. The monoisotopic (exact) mass is 334 g/mol. The van der Waals surface area contributed by atoms with Crippen molar-refractivity contribution in [1.29, 1.82) is 0 Å². The number of fused-ring (bicyclic) bond motifs is 1. The molecule has 23 heavy (non-hydrogen) atoms. The van der Waals surface area contributed by atoms with E-state index >= 15 is 0 Å². The number of aromatic nitrogens is 4. The maximum absolute atomic E-state index is 12.2. The molecule has 0 aliphatic heterocycles. The number of carbonyl (C=O) groups is 1. The summed E-state index contributed by atoms with van der Waals surface area (Å²) in [5.41, 5.74) is 0.385. The molecular formula is C14H14N4O4S. The molecule has 0 spiro atoms. The fourth-order valence-electron chi connectivity index (χ4n) is 2.09. The van der Waals surface area contributed by atoms with Crippen molar-refractivity contribution in [2.45, 2.75) is 26.9 Å². The number of rotatable bonds is 4. The van der Waals surface area contributed by atoms with Gasteiger partial charge in [0, 0.05) is 13.5 Å². The number of aryl methyl sites for hydroxylation is 3. The van der Waals surface area contributed by atoms with Crippen LogP contribution in [0.15, 0.2) is 15.5 Å². The number of hydrogen-bond acceptors (Lipinski definition) is 8. The second-order valence-electron chi connectivity index (χ2n) is 4.92. The molecule has 0 aromatic carbocycles. The average molecular weight is 334 g/mol. The van der Waals surface area contributed by atoms with Gasteiger partial charge in [0.2, 0.25) is 5.89 Å². The van der Waals surface area contributed by atoms with Gasteiger partial charge >= 0.3 is 5.97 Å². The minimum absolute atomic E-state index is 0.106. The van der Waals surface area contributed by atoms with E-state index < -0.39 is 5.97 Å². The van der Waals surface area contributed by atoms with Crippen LogP contribution in [0.4, 0.5) is 0 Å². The Morgan fingerprint density at radius 2 is 2.13 bits per heavy atom. The number of thiophene rings is 1. The highest BCUT2D eigenvalue weighted by Crippen LogP contribution is 2.27. The molecule has 120 valence electrons. The SMILES string of the molecule is CCc1nnc(COC(=O)c2sc3ncn(C)c(=O)c3c2C)o1. The molecule has 0 aliphatic carbocycles. The van der Waals surface area contributed by atoms with Crippen LogP contribution in [0, 0.1) is 6.92 Å². The Morgan fingerprint density at radius 3 is 2.83 bits per heavy atom. The summed E-state index contributed by atoms with van der Waals surface area (Å²) in [6, 6.07) is 0. The Kier molecular flexibility index (Phi) is 3.95. The van der Waals surface area contributed by atoms with Crippen LogP contribution in [-0.4, -0.2) is 25.7 Å². The molecule has 0 bridgehead atoms. The maximum atomic E-state index is 12.2. The van der Waals surface area contributed by atoms with E-state index in [-0.39, 0.29) is 18.1 Å². The van der Waals surface area contributed by atoms with Crippen molar-refractivity contribution in [3.05, 3.63) is 38.9 Å². The summed E-state index contributed by atoms with van der Waals surface area (Å²) in [5, 5.41) is 8.03. The molecule has 8 nitrogen and oxygen atoms in total. The zero-order valence-electron chi connectivity index (χ0n) is 12.8. The molecular weight excluding hydrogens is 320 g/mol. The van der Waals surface area contributed by atoms with Crippen LogP contribution in [0.2, 0.25) is 0 Å². The lowest BCUT2D eigenvalue weighted by molar-refractivity contribution is 0.0441. The number of hydrogen-bond donors (Lipinski definition) is 0. The molecule has 0 unspecified atom stereocenters. The molecule has 3 rings (SSSR count). The molecule has 0 aliphatic rings. The Balaban J connectivity index is 1.85. The van der Waals surface area contributed by atoms with Crippen LogP contribution in [0.25, 0.3) is 10.2 Å². The largest absolute Gasteiger partial charge is 0.451 e. The predicted octanol–water partition coefficient (Wildman–Crippen LogP) is 1.61. The van der Waals surface area contributed by atoms with Gasteiger partial charge in [-0.05, 0) is 12.5 Å². The topological polar surface area (TPSA) is 100 Å². The van der Waals surface area contributed by atoms with Gasteiger partial charge in [-0.15, -0.1) is 21.5 Å². The summed E-state index contributed by atoms with van der Waals surface area (Å²) in [7, 11) is 1.62. The van der Waals surface area contributed by atoms with Crippen molar-refractivity contribution < 1.29 is 13.9 Å². The average Bonchev–Trinajstić information content (AvgIpc) is 3.13. The van der Waals surface area contributed by atoms with E-state index in [0.717, 1.165) is 11.3 Å². The van der Waals surface area contributed by atoms with Crippen molar-refractivity contribution in [3.8, 4) is 0 Å². The molecule has 0 fully saturated rings. The van der Waals surface area contributed by atoms with Crippen molar-refractivity contribution in [3.63, 3.8) is 0 Å². The van der Waals surface area contributed by atoms with Crippen molar-refractivity contribution in [2.75, 3.05) is 0 Å². The van der Waals surface area contributed by atoms with Crippen LogP contribution in [0.3, 0.4) is 0 Å². The fourth-order valence-corrected chi connectivity index (χ4v) is 3.12. The number of nitrogens with zero attached hydrogens (tertiary/aromatic N) is 4. The fraction of sp³-hybridized carbons (Fsp3) is 0.357. The summed E-state index contributed by atoms with van der Waals surface area (Å²) in [5.74, 6) is 0.189. The first-order valence-electron chi connectivity index (χ1n) is 6.94. The third-order valence-corrected chi connectivity index (χ3v) is 4.51. The second kappa shape index (κ2) is 5.92.